The average Bonchev–Trinajstić information content (AvgIpc) is 3.24. The predicted molar refractivity (Wildman–Crippen MR) is 121 cm³/mol. The Balaban J connectivity index is 1.64. The van der Waals surface area contributed by atoms with Crippen LogP contribution in [0.15, 0.2) is 41.8 Å². The van der Waals surface area contributed by atoms with Gasteiger partial charge in [0.15, 0.2) is 5.13 Å². The highest BCUT2D eigenvalue weighted by atomic mass is 35.5. The minimum absolute atomic E-state index is 0.0189. The summed E-state index contributed by atoms with van der Waals surface area (Å²) in [7, 11) is 0. The maximum absolute atomic E-state index is 13.6. The van der Waals surface area contributed by atoms with Crippen LogP contribution in [-0.2, 0) is 14.3 Å². The van der Waals surface area contributed by atoms with Crippen molar-refractivity contribution in [3.8, 4) is 11.3 Å². The molecule has 1 amide bonds. The number of allylic oxidation sites excluding steroid dienone is 1. The van der Waals surface area contributed by atoms with Gasteiger partial charge in [-0.1, -0.05) is 42.0 Å². The number of carbonyl (C=O) groups excluding carboxylic acids is 1. The maximum Gasteiger partial charge on any atom is 0.304 e. The molecule has 0 aliphatic carbocycles. The molecule has 4 rings (SSSR count). The smallest absolute Gasteiger partial charge is 0.304 e. The van der Waals surface area contributed by atoms with Crippen LogP contribution in [-0.4, -0.2) is 41.7 Å². The van der Waals surface area contributed by atoms with E-state index in [2.05, 4.69) is 11.1 Å². The van der Waals surface area contributed by atoms with Gasteiger partial charge >= 0.3 is 5.97 Å². The molecular formula is C23H25ClN2O4S. The minimum Gasteiger partial charge on any atom is -0.481 e. The number of amides is 1. The second-order valence-electron chi connectivity index (χ2n) is 7.97. The van der Waals surface area contributed by atoms with Crippen LogP contribution in [0, 0.1) is 17.8 Å². The van der Waals surface area contributed by atoms with Gasteiger partial charge in [-0.2, -0.15) is 0 Å². The molecule has 1 aromatic heterocycles. The zero-order valence-corrected chi connectivity index (χ0v) is 18.6. The third-order valence-electron chi connectivity index (χ3n) is 6.10. The fourth-order valence-corrected chi connectivity index (χ4v) is 5.59. The second-order valence-corrected chi connectivity index (χ2v) is 9.21. The van der Waals surface area contributed by atoms with Crippen LogP contribution in [0.5, 0.6) is 0 Å². The zero-order valence-electron chi connectivity index (χ0n) is 17.1. The highest BCUT2D eigenvalue weighted by Crippen LogP contribution is 2.38. The molecule has 0 bridgehead atoms. The van der Waals surface area contributed by atoms with Gasteiger partial charge in [-0.05, 0) is 37.2 Å². The van der Waals surface area contributed by atoms with Gasteiger partial charge in [-0.3, -0.25) is 14.5 Å². The summed E-state index contributed by atoms with van der Waals surface area (Å²) in [6.07, 6.45) is 6.32. The summed E-state index contributed by atoms with van der Waals surface area (Å²) >= 11 is 7.68. The molecule has 31 heavy (non-hydrogen) atoms. The van der Waals surface area contributed by atoms with Gasteiger partial charge in [0.2, 0.25) is 5.91 Å². The maximum atomic E-state index is 13.6. The fourth-order valence-electron chi connectivity index (χ4n) is 4.52. The molecule has 1 saturated heterocycles. The molecule has 2 aromatic rings. The van der Waals surface area contributed by atoms with Crippen molar-refractivity contribution in [1.82, 2.24) is 4.98 Å². The number of ether oxygens (including phenoxy) is 1. The van der Waals surface area contributed by atoms with Crippen molar-refractivity contribution in [2.24, 2.45) is 17.8 Å². The first-order chi connectivity index (χ1) is 15.0. The highest BCUT2D eigenvalue weighted by Gasteiger charge is 2.39. The van der Waals surface area contributed by atoms with Gasteiger partial charge in [-0.15, -0.1) is 11.3 Å². The molecule has 3 heterocycles. The molecule has 164 valence electrons. The number of thiazole rings is 1. The molecule has 2 aliphatic heterocycles. The van der Waals surface area contributed by atoms with Gasteiger partial charge in [0.05, 0.1) is 18.0 Å². The van der Waals surface area contributed by atoms with Crippen molar-refractivity contribution in [2.45, 2.75) is 25.7 Å². The largest absolute Gasteiger partial charge is 0.481 e. The van der Waals surface area contributed by atoms with E-state index in [4.69, 9.17) is 16.3 Å². The minimum atomic E-state index is -0.948. The average molecular weight is 461 g/mol. The number of carbonyl (C=O) groups is 2. The Bertz CT molecular complexity index is 970. The number of hydrogen-bond donors (Lipinski definition) is 1. The third-order valence-corrected chi connectivity index (χ3v) is 7.29. The number of carboxylic acid groups (broad SMARTS) is 1. The first-order valence-electron chi connectivity index (χ1n) is 10.5. The predicted octanol–water partition coefficient (Wildman–Crippen LogP) is 4.89. The summed E-state index contributed by atoms with van der Waals surface area (Å²) in [4.78, 5) is 31.6. The molecule has 2 unspecified atom stereocenters. The number of benzene rings is 1. The third kappa shape index (κ3) is 5.00. The number of hydrogen-bond acceptors (Lipinski definition) is 5. The second kappa shape index (κ2) is 9.94. The lowest BCUT2D eigenvalue weighted by Gasteiger charge is -2.37. The summed E-state index contributed by atoms with van der Waals surface area (Å²) in [6.45, 7) is 1.71. The normalized spacial score (nSPS) is 22.9. The Morgan fingerprint density at radius 1 is 1.26 bits per heavy atom. The summed E-state index contributed by atoms with van der Waals surface area (Å²) in [5.74, 6) is -1.44. The molecule has 0 saturated carbocycles. The van der Waals surface area contributed by atoms with Crippen LogP contribution in [0.3, 0.4) is 0 Å². The first-order valence-corrected chi connectivity index (χ1v) is 11.8. The SMILES string of the molecule is O=C(O)CC1C(=O)N(c2nc(-c3ccccc3Cl)cs2)CC=CCC1C1CCOCC1. The lowest BCUT2D eigenvalue weighted by Crippen LogP contribution is -2.44. The Hall–Kier alpha value is -2.22. The van der Waals surface area contributed by atoms with Gasteiger partial charge in [0, 0.05) is 35.7 Å². The Morgan fingerprint density at radius 2 is 2.03 bits per heavy atom. The van der Waals surface area contributed by atoms with Crippen molar-refractivity contribution >= 4 is 39.9 Å². The quantitative estimate of drug-likeness (QED) is 0.642. The standard InChI is InChI=1S/C23H25ClN2O4S/c24-19-7-2-1-6-17(19)20-14-31-23(25-20)26-10-4-3-5-16(15-8-11-30-12-9-15)18(22(26)29)13-21(27)28/h1-4,6-7,14-16,18H,5,8-13H2,(H,27,28). The van der Waals surface area contributed by atoms with Crippen molar-refractivity contribution in [2.75, 3.05) is 24.7 Å². The van der Waals surface area contributed by atoms with Crippen LogP contribution in [0.25, 0.3) is 11.3 Å². The van der Waals surface area contributed by atoms with Crippen molar-refractivity contribution in [3.63, 3.8) is 0 Å². The molecule has 1 N–H and O–H groups in total. The van der Waals surface area contributed by atoms with E-state index in [0.717, 1.165) is 18.4 Å². The lowest BCUT2D eigenvalue weighted by atomic mass is 9.73. The van der Waals surface area contributed by atoms with Crippen molar-refractivity contribution < 1.29 is 19.4 Å². The number of carboxylic acids is 1. The molecular weight excluding hydrogens is 436 g/mol. The van der Waals surface area contributed by atoms with Gasteiger partial charge in [0.25, 0.3) is 0 Å². The zero-order chi connectivity index (χ0) is 21.8. The lowest BCUT2D eigenvalue weighted by molar-refractivity contribution is -0.142. The highest BCUT2D eigenvalue weighted by molar-refractivity contribution is 7.14. The van der Waals surface area contributed by atoms with E-state index in [-0.39, 0.29) is 24.2 Å². The fraction of sp³-hybridized carbons (Fsp3) is 0.435. The van der Waals surface area contributed by atoms with Crippen LogP contribution in [0.2, 0.25) is 5.02 Å². The Kier molecular flexibility index (Phi) is 7.05. The summed E-state index contributed by atoms with van der Waals surface area (Å²) < 4.78 is 5.49. The van der Waals surface area contributed by atoms with Gasteiger partial charge in [-0.25, -0.2) is 4.98 Å². The molecule has 8 heteroatoms. The summed E-state index contributed by atoms with van der Waals surface area (Å²) in [5.41, 5.74) is 1.52. The monoisotopic (exact) mass is 460 g/mol. The molecule has 1 aromatic carbocycles. The van der Waals surface area contributed by atoms with Crippen molar-refractivity contribution in [3.05, 3.63) is 46.8 Å². The molecule has 2 atom stereocenters. The number of anilines is 1. The van der Waals surface area contributed by atoms with E-state index < -0.39 is 11.9 Å². The topological polar surface area (TPSA) is 79.7 Å². The van der Waals surface area contributed by atoms with E-state index in [0.29, 0.717) is 42.0 Å². The van der Waals surface area contributed by atoms with E-state index in [1.165, 1.54) is 11.3 Å². The van der Waals surface area contributed by atoms with E-state index in [1.807, 2.05) is 29.7 Å². The molecule has 2 aliphatic rings. The number of rotatable bonds is 5. The van der Waals surface area contributed by atoms with Crippen LogP contribution in [0.1, 0.15) is 25.7 Å². The number of nitrogens with zero attached hydrogens (tertiary/aromatic N) is 2. The number of aliphatic carboxylic acids is 1. The Labute approximate surface area is 190 Å². The molecule has 6 nitrogen and oxygen atoms in total. The number of halogens is 1. The van der Waals surface area contributed by atoms with Crippen LogP contribution in [0.4, 0.5) is 5.13 Å². The van der Waals surface area contributed by atoms with E-state index >= 15 is 0 Å². The number of aromatic nitrogens is 1. The van der Waals surface area contributed by atoms with Gasteiger partial charge in [0.1, 0.15) is 0 Å². The van der Waals surface area contributed by atoms with Crippen molar-refractivity contribution in [1.29, 1.82) is 0 Å². The molecule has 0 spiro atoms. The van der Waals surface area contributed by atoms with Crippen LogP contribution >= 0.6 is 22.9 Å². The Morgan fingerprint density at radius 3 is 2.77 bits per heavy atom. The van der Waals surface area contributed by atoms with Crippen LogP contribution < -0.4 is 4.90 Å². The van der Waals surface area contributed by atoms with E-state index in [9.17, 15) is 14.7 Å². The molecule has 1 fully saturated rings. The summed E-state index contributed by atoms with van der Waals surface area (Å²) in [6, 6.07) is 7.45. The summed E-state index contributed by atoms with van der Waals surface area (Å²) in [5, 5.41) is 12.6. The molecule has 0 radical (unpaired) electrons. The van der Waals surface area contributed by atoms with E-state index in [1.54, 1.807) is 11.0 Å². The first kappa shape index (κ1) is 22.0. The van der Waals surface area contributed by atoms with Gasteiger partial charge < -0.3 is 9.84 Å².